The summed E-state index contributed by atoms with van der Waals surface area (Å²) in [5.74, 6) is -1.33. The number of nitrogens with one attached hydrogen (secondary N) is 1. The Morgan fingerprint density at radius 3 is 2.44 bits per heavy atom. The molecule has 0 aliphatic heterocycles. The van der Waals surface area contributed by atoms with Crippen LogP contribution in [0.1, 0.15) is 25.8 Å². The predicted octanol–water partition coefficient (Wildman–Crippen LogP) is 2.14. The molecule has 5 heteroatoms. The van der Waals surface area contributed by atoms with Crippen LogP contribution in [-0.2, 0) is 9.59 Å². The number of phenols is 1. The zero-order valence-electron chi connectivity index (χ0n) is 10.7. The van der Waals surface area contributed by atoms with Crippen LogP contribution in [0.15, 0.2) is 18.2 Å². The number of carboxylic acid groups (broad SMARTS) is 1. The first-order valence-corrected chi connectivity index (χ1v) is 5.55. The Hall–Kier alpha value is -2.04. The molecule has 0 saturated heterocycles. The zero-order chi connectivity index (χ0) is 13.9. The Morgan fingerprint density at radius 1 is 1.33 bits per heavy atom. The molecule has 3 N–H and O–H groups in total. The number of aromatic hydroxyl groups is 1. The number of aliphatic carboxylic acids is 1. The molecule has 18 heavy (non-hydrogen) atoms. The molecular weight excluding hydrogens is 234 g/mol. The Bertz CT molecular complexity index is 480. The lowest BCUT2D eigenvalue weighted by Gasteiger charge is -2.18. The van der Waals surface area contributed by atoms with Crippen LogP contribution in [0.2, 0.25) is 0 Å². The number of carbonyl (C=O) groups excluding carboxylic acids is 1. The molecule has 0 radical (unpaired) electrons. The van der Waals surface area contributed by atoms with Gasteiger partial charge in [0.05, 0.1) is 5.41 Å². The van der Waals surface area contributed by atoms with Gasteiger partial charge in [-0.15, -0.1) is 0 Å². The molecule has 1 amide bonds. The van der Waals surface area contributed by atoms with Gasteiger partial charge in [0, 0.05) is 18.2 Å². The number of hydrogen-bond acceptors (Lipinski definition) is 3. The van der Waals surface area contributed by atoms with E-state index in [1.54, 1.807) is 19.1 Å². The fraction of sp³-hybridized carbons (Fsp3) is 0.385. The Morgan fingerprint density at radius 2 is 1.94 bits per heavy atom. The summed E-state index contributed by atoms with van der Waals surface area (Å²) in [4.78, 5) is 22.6. The molecule has 0 aliphatic carbocycles. The standard InChI is InChI=1S/C13H17NO4/c1-8-4-5-9(6-10(8)15)14-11(16)7-13(2,3)12(17)18/h4-6,15H,7H2,1-3H3,(H,14,16)(H,17,18). The van der Waals surface area contributed by atoms with Crippen molar-refractivity contribution in [3.05, 3.63) is 23.8 Å². The second-order valence-electron chi connectivity index (χ2n) is 4.92. The lowest BCUT2D eigenvalue weighted by molar-refractivity contribution is -0.148. The largest absolute Gasteiger partial charge is 0.508 e. The van der Waals surface area contributed by atoms with E-state index < -0.39 is 17.3 Å². The monoisotopic (exact) mass is 251 g/mol. The third-order valence-electron chi connectivity index (χ3n) is 2.67. The molecule has 0 atom stereocenters. The van der Waals surface area contributed by atoms with E-state index >= 15 is 0 Å². The van der Waals surface area contributed by atoms with Crippen LogP contribution < -0.4 is 5.32 Å². The molecular formula is C13H17NO4. The summed E-state index contributed by atoms with van der Waals surface area (Å²) in [7, 11) is 0. The van der Waals surface area contributed by atoms with Gasteiger partial charge in [-0.1, -0.05) is 6.07 Å². The van der Waals surface area contributed by atoms with E-state index in [0.717, 1.165) is 0 Å². The van der Waals surface area contributed by atoms with Crippen LogP contribution in [-0.4, -0.2) is 22.1 Å². The van der Waals surface area contributed by atoms with Crippen LogP contribution in [0.3, 0.4) is 0 Å². The summed E-state index contributed by atoms with van der Waals surface area (Å²) in [6.45, 7) is 4.72. The van der Waals surface area contributed by atoms with Crippen LogP contribution in [0.5, 0.6) is 5.75 Å². The van der Waals surface area contributed by atoms with Crippen molar-refractivity contribution < 1.29 is 19.8 Å². The average Bonchev–Trinajstić information content (AvgIpc) is 2.22. The van der Waals surface area contributed by atoms with Gasteiger partial charge in [0.25, 0.3) is 0 Å². The Balaban J connectivity index is 2.71. The molecule has 0 aliphatic rings. The molecule has 0 heterocycles. The lowest BCUT2D eigenvalue weighted by atomic mass is 9.89. The third-order valence-corrected chi connectivity index (χ3v) is 2.67. The minimum Gasteiger partial charge on any atom is -0.508 e. The highest BCUT2D eigenvalue weighted by Crippen LogP contribution is 2.24. The Labute approximate surface area is 105 Å². The average molecular weight is 251 g/mol. The van der Waals surface area contributed by atoms with Gasteiger partial charge in [-0.2, -0.15) is 0 Å². The van der Waals surface area contributed by atoms with Gasteiger partial charge in [-0.05, 0) is 32.4 Å². The van der Waals surface area contributed by atoms with E-state index in [2.05, 4.69) is 5.32 Å². The van der Waals surface area contributed by atoms with Gasteiger partial charge in [-0.25, -0.2) is 0 Å². The molecule has 0 spiro atoms. The quantitative estimate of drug-likeness (QED) is 0.765. The highest BCUT2D eigenvalue weighted by Gasteiger charge is 2.30. The number of hydrogen-bond donors (Lipinski definition) is 3. The summed E-state index contributed by atoms with van der Waals surface area (Å²) < 4.78 is 0. The number of rotatable bonds is 4. The number of amides is 1. The van der Waals surface area contributed by atoms with Crippen molar-refractivity contribution in [1.82, 2.24) is 0 Å². The SMILES string of the molecule is Cc1ccc(NC(=O)CC(C)(C)C(=O)O)cc1O. The smallest absolute Gasteiger partial charge is 0.309 e. The molecule has 1 rings (SSSR count). The molecule has 0 unspecified atom stereocenters. The summed E-state index contributed by atoms with van der Waals surface area (Å²) >= 11 is 0. The molecule has 5 nitrogen and oxygen atoms in total. The van der Waals surface area contributed by atoms with E-state index in [4.69, 9.17) is 5.11 Å². The van der Waals surface area contributed by atoms with Gasteiger partial charge in [0.15, 0.2) is 0 Å². The fourth-order valence-corrected chi connectivity index (χ4v) is 1.37. The first-order chi connectivity index (χ1) is 8.22. The van der Waals surface area contributed by atoms with Crippen LogP contribution in [0.4, 0.5) is 5.69 Å². The third kappa shape index (κ3) is 3.48. The number of benzene rings is 1. The van der Waals surface area contributed by atoms with Crippen molar-refractivity contribution >= 4 is 17.6 Å². The van der Waals surface area contributed by atoms with Crippen LogP contribution >= 0.6 is 0 Å². The van der Waals surface area contributed by atoms with Crippen LogP contribution in [0.25, 0.3) is 0 Å². The van der Waals surface area contributed by atoms with E-state index in [1.807, 2.05) is 0 Å². The number of aryl methyl sites for hydroxylation is 1. The van der Waals surface area contributed by atoms with E-state index in [-0.39, 0.29) is 12.2 Å². The Kier molecular flexibility index (Phi) is 3.96. The summed E-state index contributed by atoms with van der Waals surface area (Å²) in [5, 5.41) is 21.0. The number of carboxylic acids is 1. The molecule has 1 aromatic rings. The minimum atomic E-state index is -1.11. The number of carbonyl (C=O) groups is 2. The van der Waals surface area contributed by atoms with Gasteiger partial charge in [-0.3, -0.25) is 9.59 Å². The molecule has 98 valence electrons. The van der Waals surface area contributed by atoms with E-state index in [0.29, 0.717) is 11.3 Å². The molecule has 1 aromatic carbocycles. The first-order valence-electron chi connectivity index (χ1n) is 5.55. The molecule has 0 saturated carbocycles. The maximum atomic E-state index is 11.7. The van der Waals surface area contributed by atoms with Crippen molar-refractivity contribution in [2.75, 3.05) is 5.32 Å². The zero-order valence-corrected chi connectivity index (χ0v) is 10.7. The van der Waals surface area contributed by atoms with Crippen LogP contribution in [0, 0.1) is 12.3 Å². The second kappa shape index (κ2) is 5.08. The van der Waals surface area contributed by atoms with E-state index in [9.17, 15) is 14.7 Å². The van der Waals surface area contributed by atoms with Crippen molar-refractivity contribution in [2.45, 2.75) is 27.2 Å². The first kappa shape index (κ1) is 14.0. The fourth-order valence-electron chi connectivity index (χ4n) is 1.37. The van der Waals surface area contributed by atoms with Gasteiger partial charge < -0.3 is 15.5 Å². The number of phenolic OH excluding ortho intramolecular Hbond substituents is 1. The highest BCUT2D eigenvalue weighted by molar-refractivity contribution is 5.94. The summed E-state index contributed by atoms with van der Waals surface area (Å²) in [5.41, 5.74) is 0.0414. The van der Waals surface area contributed by atoms with E-state index in [1.165, 1.54) is 19.9 Å². The highest BCUT2D eigenvalue weighted by atomic mass is 16.4. The van der Waals surface area contributed by atoms with Crippen molar-refractivity contribution in [3.63, 3.8) is 0 Å². The maximum absolute atomic E-state index is 11.7. The van der Waals surface area contributed by atoms with Crippen molar-refractivity contribution in [1.29, 1.82) is 0 Å². The van der Waals surface area contributed by atoms with Gasteiger partial charge >= 0.3 is 5.97 Å². The molecule has 0 aromatic heterocycles. The van der Waals surface area contributed by atoms with Crippen molar-refractivity contribution in [2.24, 2.45) is 5.41 Å². The maximum Gasteiger partial charge on any atom is 0.309 e. The predicted molar refractivity (Wildman–Crippen MR) is 67.5 cm³/mol. The lowest BCUT2D eigenvalue weighted by Crippen LogP contribution is -2.29. The second-order valence-corrected chi connectivity index (χ2v) is 4.92. The summed E-state index contributed by atoms with van der Waals surface area (Å²) in [6.07, 6.45) is -0.128. The minimum absolute atomic E-state index is 0.0882. The van der Waals surface area contributed by atoms with Gasteiger partial charge in [0.1, 0.15) is 5.75 Å². The van der Waals surface area contributed by atoms with Gasteiger partial charge in [0.2, 0.25) is 5.91 Å². The normalized spacial score (nSPS) is 11.1. The number of anilines is 1. The molecule has 0 bridgehead atoms. The topological polar surface area (TPSA) is 86.6 Å². The van der Waals surface area contributed by atoms with Crippen molar-refractivity contribution in [3.8, 4) is 5.75 Å². The molecule has 0 fully saturated rings. The summed E-state index contributed by atoms with van der Waals surface area (Å²) in [6, 6.07) is 4.76.